The molecule has 0 spiro atoms. The van der Waals surface area contributed by atoms with Gasteiger partial charge in [-0.1, -0.05) is 13.3 Å². The molecule has 19 heavy (non-hydrogen) atoms. The Bertz CT molecular complexity index is 428. The highest BCUT2D eigenvalue weighted by Crippen LogP contribution is 2.21. The minimum Gasteiger partial charge on any atom is -0.464 e. The molecule has 0 saturated carbocycles. The molecule has 4 heteroatoms. The molecule has 2 heterocycles. The highest BCUT2D eigenvalue weighted by atomic mass is 16.3. The number of piperidine rings is 1. The van der Waals surface area contributed by atoms with E-state index in [0.717, 1.165) is 30.9 Å². The quantitative estimate of drug-likeness (QED) is 0.878. The van der Waals surface area contributed by atoms with Gasteiger partial charge in [0.1, 0.15) is 11.5 Å². The third-order valence-corrected chi connectivity index (χ3v) is 3.95. The first kappa shape index (κ1) is 14.1. The van der Waals surface area contributed by atoms with Crippen molar-refractivity contribution in [1.82, 2.24) is 10.6 Å². The maximum atomic E-state index is 12.2. The normalized spacial score (nSPS) is 25.0. The molecule has 0 radical (unpaired) electrons. The molecule has 1 aromatic rings. The zero-order chi connectivity index (χ0) is 13.8. The van der Waals surface area contributed by atoms with E-state index in [1.54, 1.807) is 0 Å². The van der Waals surface area contributed by atoms with Crippen LogP contribution < -0.4 is 10.6 Å². The molecular weight excluding hydrogens is 240 g/mol. The van der Waals surface area contributed by atoms with Gasteiger partial charge in [-0.3, -0.25) is 4.79 Å². The summed E-state index contributed by atoms with van der Waals surface area (Å²) >= 11 is 0. The Labute approximate surface area is 114 Å². The van der Waals surface area contributed by atoms with E-state index in [1.165, 1.54) is 6.42 Å². The van der Waals surface area contributed by atoms with Gasteiger partial charge in [-0.2, -0.15) is 0 Å². The van der Waals surface area contributed by atoms with Gasteiger partial charge in [-0.15, -0.1) is 0 Å². The predicted octanol–water partition coefficient (Wildman–Crippen LogP) is 2.54. The first-order valence-corrected chi connectivity index (χ1v) is 7.20. The van der Waals surface area contributed by atoms with Crippen LogP contribution in [0.4, 0.5) is 0 Å². The minimum absolute atomic E-state index is 0.0581. The van der Waals surface area contributed by atoms with Crippen molar-refractivity contribution in [2.45, 2.75) is 52.1 Å². The van der Waals surface area contributed by atoms with Crippen molar-refractivity contribution in [1.29, 1.82) is 0 Å². The zero-order valence-electron chi connectivity index (χ0n) is 12.0. The second kappa shape index (κ2) is 6.24. The fraction of sp³-hybridized carbons (Fsp3) is 0.667. The fourth-order valence-electron chi connectivity index (χ4n) is 2.64. The average molecular weight is 264 g/mol. The van der Waals surface area contributed by atoms with Crippen LogP contribution in [0, 0.1) is 12.8 Å². The summed E-state index contributed by atoms with van der Waals surface area (Å²) in [5, 5.41) is 6.33. The summed E-state index contributed by atoms with van der Waals surface area (Å²) in [5.41, 5.74) is 0. The van der Waals surface area contributed by atoms with Crippen LogP contribution in [0.1, 0.15) is 50.7 Å². The molecule has 0 aliphatic carbocycles. The summed E-state index contributed by atoms with van der Waals surface area (Å²) in [6, 6.07) is 3.70. The van der Waals surface area contributed by atoms with Crippen molar-refractivity contribution in [3.05, 3.63) is 23.7 Å². The molecule has 1 amide bonds. The topological polar surface area (TPSA) is 54.3 Å². The molecule has 0 aromatic carbocycles. The lowest BCUT2D eigenvalue weighted by molar-refractivity contribution is -0.124. The largest absolute Gasteiger partial charge is 0.464 e. The van der Waals surface area contributed by atoms with Crippen molar-refractivity contribution in [2.75, 3.05) is 6.54 Å². The van der Waals surface area contributed by atoms with E-state index in [0.29, 0.717) is 5.92 Å². The number of amides is 1. The Morgan fingerprint density at radius 3 is 3.00 bits per heavy atom. The Hall–Kier alpha value is -1.29. The van der Waals surface area contributed by atoms with Crippen molar-refractivity contribution in [3.8, 4) is 0 Å². The van der Waals surface area contributed by atoms with Gasteiger partial charge in [-0.25, -0.2) is 0 Å². The molecule has 1 fully saturated rings. The summed E-state index contributed by atoms with van der Waals surface area (Å²) in [7, 11) is 0. The van der Waals surface area contributed by atoms with Crippen LogP contribution in [0.15, 0.2) is 16.5 Å². The smallest absolute Gasteiger partial charge is 0.237 e. The monoisotopic (exact) mass is 264 g/mol. The molecule has 1 saturated heterocycles. The lowest BCUT2D eigenvalue weighted by atomic mass is 9.90. The predicted molar refractivity (Wildman–Crippen MR) is 74.8 cm³/mol. The maximum Gasteiger partial charge on any atom is 0.237 e. The van der Waals surface area contributed by atoms with Gasteiger partial charge < -0.3 is 15.1 Å². The van der Waals surface area contributed by atoms with Gasteiger partial charge in [0, 0.05) is 0 Å². The van der Waals surface area contributed by atoms with Gasteiger partial charge in [0.25, 0.3) is 0 Å². The van der Waals surface area contributed by atoms with Crippen molar-refractivity contribution < 1.29 is 9.21 Å². The van der Waals surface area contributed by atoms with Gasteiger partial charge in [0.15, 0.2) is 0 Å². The highest BCUT2D eigenvalue weighted by molar-refractivity contribution is 5.82. The van der Waals surface area contributed by atoms with Crippen molar-refractivity contribution in [3.63, 3.8) is 0 Å². The number of hydrogen-bond donors (Lipinski definition) is 2. The number of furan rings is 1. The van der Waals surface area contributed by atoms with E-state index in [2.05, 4.69) is 17.6 Å². The molecule has 0 bridgehead atoms. The second-order valence-corrected chi connectivity index (χ2v) is 5.48. The molecule has 4 nitrogen and oxygen atoms in total. The summed E-state index contributed by atoms with van der Waals surface area (Å²) < 4.78 is 5.54. The second-order valence-electron chi connectivity index (χ2n) is 5.48. The van der Waals surface area contributed by atoms with E-state index in [-0.39, 0.29) is 18.0 Å². The van der Waals surface area contributed by atoms with Crippen LogP contribution >= 0.6 is 0 Å². The molecule has 1 aliphatic heterocycles. The number of rotatable bonds is 4. The molecule has 3 atom stereocenters. The first-order valence-electron chi connectivity index (χ1n) is 7.20. The van der Waals surface area contributed by atoms with E-state index >= 15 is 0 Å². The maximum absolute atomic E-state index is 12.2. The Balaban J connectivity index is 1.89. The average Bonchev–Trinajstić information content (AvgIpc) is 2.85. The summed E-state index contributed by atoms with van der Waals surface area (Å²) in [4.78, 5) is 12.2. The first-order chi connectivity index (χ1) is 9.10. The van der Waals surface area contributed by atoms with E-state index in [4.69, 9.17) is 4.42 Å². The molecule has 1 aromatic heterocycles. The van der Waals surface area contributed by atoms with Crippen LogP contribution in [0.25, 0.3) is 0 Å². The van der Waals surface area contributed by atoms with Crippen LogP contribution in [0.2, 0.25) is 0 Å². The number of carbonyl (C=O) groups is 1. The molecule has 2 rings (SSSR count). The van der Waals surface area contributed by atoms with Crippen LogP contribution in [-0.4, -0.2) is 18.5 Å². The van der Waals surface area contributed by atoms with E-state index in [1.807, 2.05) is 26.0 Å². The third-order valence-electron chi connectivity index (χ3n) is 3.95. The number of nitrogens with one attached hydrogen (secondary N) is 2. The zero-order valence-corrected chi connectivity index (χ0v) is 12.0. The lowest BCUT2D eigenvalue weighted by Crippen LogP contribution is -2.49. The van der Waals surface area contributed by atoms with Gasteiger partial charge in [-0.05, 0) is 51.3 Å². The Morgan fingerprint density at radius 1 is 1.58 bits per heavy atom. The SMILES string of the molecule is CCC1CCNC(C(=O)NC(C)c2ccc(C)o2)C1. The molecule has 2 N–H and O–H groups in total. The Morgan fingerprint density at radius 2 is 2.37 bits per heavy atom. The van der Waals surface area contributed by atoms with Gasteiger partial charge >= 0.3 is 0 Å². The van der Waals surface area contributed by atoms with Crippen molar-refractivity contribution in [2.24, 2.45) is 5.92 Å². The summed E-state index contributed by atoms with van der Waals surface area (Å²) in [6.07, 6.45) is 3.26. The molecule has 106 valence electrons. The summed E-state index contributed by atoms with van der Waals surface area (Å²) in [5.74, 6) is 2.43. The highest BCUT2D eigenvalue weighted by Gasteiger charge is 2.27. The third kappa shape index (κ3) is 3.60. The van der Waals surface area contributed by atoms with Crippen molar-refractivity contribution >= 4 is 5.91 Å². The van der Waals surface area contributed by atoms with E-state index < -0.39 is 0 Å². The Kier molecular flexibility index (Phi) is 4.64. The van der Waals surface area contributed by atoms with Crippen LogP contribution in [-0.2, 0) is 4.79 Å². The molecular formula is C15H24N2O2. The van der Waals surface area contributed by atoms with Crippen LogP contribution in [0.3, 0.4) is 0 Å². The lowest BCUT2D eigenvalue weighted by Gasteiger charge is -2.29. The number of hydrogen-bond acceptors (Lipinski definition) is 3. The van der Waals surface area contributed by atoms with Gasteiger partial charge in [0.2, 0.25) is 5.91 Å². The molecule has 1 aliphatic rings. The number of aryl methyl sites for hydroxylation is 1. The number of carbonyl (C=O) groups excluding carboxylic acids is 1. The van der Waals surface area contributed by atoms with Crippen LogP contribution in [0.5, 0.6) is 0 Å². The summed E-state index contributed by atoms with van der Waals surface area (Å²) in [6.45, 7) is 6.99. The molecule has 3 unspecified atom stereocenters. The standard InChI is InChI=1S/C15H24N2O2/c1-4-12-7-8-16-13(9-12)15(18)17-11(3)14-6-5-10(2)19-14/h5-6,11-13,16H,4,7-9H2,1-3H3,(H,17,18). The fourth-order valence-corrected chi connectivity index (χ4v) is 2.64. The van der Waals surface area contributed by atoms with E-state index in [9.17, 15) is 4.79 Å². The minimum atomic E-state index is -0.0787. The van der Waals surface area contributed by atoms with Gasteiger partial charge in [0.05, 0.1) is 12.1 Å².